The molecule has 2 rings (SSSR count). The number of anilines is 1. The van der Waals surface area contributed by atoms with Crippen LogP contribution >= 0.6 is 11.6 Å². The molecular weight excluding hydrogens is 269 g/mol. The van der Waals surface area contributed by atoms with Crippen molar-refractivity contribution < 1.29 is 13.6 Å². The Morgan fingerprint density at radius 3 is 2.47 bits per heavy atom. The van der Waals surface area contributed by atoms with E-state index in [0.29, 0.717) is 17.1 Å². The average molecular weight is 282 g/mol. The van der Waals surface area contributed by atoms with Crippen molar-refractivity contribution >= 4 is 23.2 Å². The highest BCUT2D eigenvalue weighted by atomic mass is 35.5. The lowest BCUT2D eigenvalue weighted by atomic mass is 10.1. The van der Waals surface area contributed by atoms with Crippen molar-refractivity contribution in [2.45, 2.75) is 20.8 Å². The van der Waals surface area contributed by atoms with Gasteiger partial charge in [0.25, 0.3) is 5.91 Å². The number of amides is 1. The molecule has 2 aromatic rings. The Morgan fingerprint density at radius 2 is 1.95 bits per heavy atom. The van der Waals surface area contributed by atoms with E-state index < -0.39 is 11.7 Å². The third kappa shape index (κ3) is 2.63. The Hall–Kier alpha value is -1.81. The van der Waals surface area contributed by atoms with Crippen LogP contribution in [0.3, 0.4) is 0 Å². The summed E-state index contributed by atoms with van der Waals surface area (Å²) >= 11 is 5.66. The molecule has 5 heteroatoms. The van der Waals surface area contributed by atoms with Crippen molar-refractivity contribution in [1.82, 2.24) is 0 Å². The van der Waals surface area contributed by atoms with Gasteiger partial charge in [0.1, 0.15) is 17.3 Å². The monoisotopic (exact) mass is 281 g/mol. The quantitative estimate of drug-likeness (QED) is 0.894. The highest BCUT2D eigenvalue weighted by Gasteiger charge is 2.19. The van der Waals surface area contributed by atoms with Crippen LogP contribution in [-0.2, 0) is 0 Å². The van der Waals surface area contributed by atoms with Gasteiger partial charge >= 0.3 is 0 Å². The van der Waals surface area contributed by atoms with E-state index >= 15 is 0 Å². The summed E-state index contributed by atoms with van der Waals surface area (Å²) in [5.74, 6) is 0.227. The van der Waals surface area contributed by atoms with Crippen molar-refractivity contribution in [3.8, 4) is 0 Å². The highest BCUT2D eigenvalue weighted by molar-refractivity contribution is 6.30. The number of hydrogen-bond acceptors (Lipinski definition) is 2. The molecule has 0 fully saturated rings. The van der Waals surface area contributed by atoms with Gasteiger partial charge in [-0.15, -0.1) is 0 Å². The third-order valence-corrected chi connectivity index (χ3v) is 3.20. The van der Waals surface area contributed by atoms with Gasteiger partial charge in [-0.25, -0.2) is 4.39 Å². The van der Waals surface area contributed by atoms with Crippen LogP contribution in [0.1, 0.15) is 27.4 Å². The molecular formula is C14H13ClFNO2. The molecule has 0 spiro atoms. The Balaban J connectivity index is 2.31. The molecule has 0 unspecified atom stereocenters. The van der Waals surface area contributed by atoms with Crippen molar-refractivity contribution in [2.24, 2.45) is 0 Å². The Morgan fingerprint density at radius 1 is 1.26 bits per heavy atom. The lowest BCUT2D eigenvalue weighted by Gasteiger charge is -2.06. The number of benzene rings is 1. The van der Waals surface area contributed by atoms with Crippen LogP contribution in [0.25, 0.3) is 0 Å². The predicted octanol–water partition coefficient (Wildman–Crippen LogP) is 4.25. The lowest BCUT2D eigenvalue weighted by Crippen LogP contribution is -2.14. The maximum Gasteiger partial charge on any atom is 0.259 e. The first kappa shape index (κ1) is 13.6. The molecule has 1 aromatic carbocycles. The number of rotatable bonds is 2. The van der Waals surface area contributed by atoms with Crippen LogP contribution < -0.4 is 5.32 Å². The maximum atomic E-state index is 13.6. The summed E-state index contributed by atoms with van der Waals surface area (Å²) in [6.07, 6.45) is 0. The number of carbonyl (C=O) groups is 1. The molecule has 1 heterocycles. The standard InChI is InChI=1S/C14H13ClFNO2/c1-7-8(2)19-9(3)13(7)14(18)17-12-5-4-10(15)6-11(12)16/h4-6H,1-3H3,(H,17,18). The fraction of sp³-hybridized carbons (Fsp3) is 0.214. The second-order valence-electron chi connectivity index (χ2n) is 4.29. The lowest BCUT2D eigenvalue weighted by molar-refractivity contribution is 0.102. The van der Waals surface area contributed by atoms with E-state index in [2.05, 4.69) is 5.32 Å². The normalized spacial score (nSPS) is 10.6. The summed E-state index contributed by atoms with van der Waals surface area (Å²) in [6, 6.07) is 4.09. The van der Waals surface area contributed by atoms with Gasteiger partial charge < -0.3 is 9.73 Å². The van der Waals surface area contributed by atoms with Gasteiger partial charge in [0.2, 0.25) is 0 Å². The second kappa shape index (κ2) is 5.05. The fourth-order valence-electron chi connectivity index (χ4n) is 1.90. The van der Waals surface area contributed by atoms with E-state index in [-0.39, 0.29) is 10.7 Å². The largest absolute Gasteiger partial charge is 0.466 e. The summed E-state index contributed by atoms with van der Waals surface area (Å²) in [4.78, 5) is 12.1. The van der Waals surface area contributed by atoms with Gasteiger partial charge in [0, 0.05) is 10.6 Å². The Labute approximate surface area is 115 Å². The number of furan rings is 1. The molecule has 100 valence electrons. The number of aryl methyl sites for hydroxylation is 2. The zero-order valence-electron chi connectivity index (χ0n) is 10.8. The smallest absolute Gasteiger partial charge is 0.259 e. The van der Waals surface area contributed by atoms with Crippen LogP contribution in [0.4, 0.5) is 10.1 Å². The zero-order valence-corrected chi connectivity index (χ0v) is 11.6. The Bertz CT molecular complexity index is 649. The molecule has 0 atom stereocenters. The average Bonchev–Trinajstić information content (AvgIpc) is 2.57. The molecule has 0 aliphatic carbocycles. The summed E-state index contributed by atoms with van der Waals surface area (Å²) in [7, 11) is 0. The topological polar surface area (TPSA) is 42.2 Å². The van der Waals surface area contributed by atoms with Crippen LogP contribution in [0.5, 0.6) is 0 Å². The van der Waals surface area contributed by atoms with E-state index in [9.17, 15) is 9.18 Å². The Kier molecular flexibility index (Phi) is 3.62. The van der Waals surface area contributed by atoms with Gasteiger partial charge in [-0.1, -0.05) is 11.6 Å². The van der Waals surface area contributed by atoms with Gasteiger partial charge in [0.15, 0.2) is 0 Å². The van der Waals surface area contributed by atoms with Gasteiger partial charge in [-0.3, -0.25) is 4.79 Å². The van der Waals surface area contributed by atoms with Crippen molar-refractivity contribution in [3.63, 3.8) is 0 Å². The van der Waals surface area contributed by atoms with Gasteiger partial charge in [0.05, 0.1) is 11.3 Å². The molecule has 0 radical (unpaired) electrons. The van der Waals surface area contributed by atoms with Crippen molar-refractivity contribution in [3.05, 3.63) is 51.7 Å². The third-order valence-electron chi connectivity index (χ3n) is 2.97. The molecule has 1 amide bonds. The molecule has 3 nitrogen and oxygen atoms in total. The van der Waals surface area contributed by atoms with Crippen LogP contribution in [0, 0.1) is 26.6 Å². The molecule has 0 saturated heterocycles. The SMILES string of the molecule is Cc1oc(C)c(C(=O)Nc2ccc(Cl)cc2F)c1C. The predicted molar refractivity (Wildman–Crippen MR) is 72.3 cm³/mol. The van der Waals surface area contributed by atoms with E-state index in [1.54, 1.807) is 20.8 Å². The van der Waals surface area contributed by atoms with Gasteiger partial charge in [-0.05, 0) is 39.0 Å². The molecule has 0 bridgehead atoms. The zero-order chi connectivity index (χ0) is 14.2. The highest BCUT2D eigenvalue weighted by Crippen LogP contribution is 2.24. The molecule has 0 saturated carbocycles. The molecule has 0 aliphatic rings. The summed E-state index contributed by atoms with van der Waals surface area (Å²) < 4.78 is 19.0. The summed E-state index contributed by atoms with van der Waals surface area (Å²) in [6.45, 7) is 5.27. The van der Waals surface area contributed by atoms with E-state index in [1.807, 2.05) is 0 Å². The summed E-state index contributed by atoms with van der Waals surface area (Å²) in [5.41, 5.74) is 1.28. The van der Waals surface area contributed by atoms with E-state index in [0.717, 1.165) is 11.6 Å². The minimum atomic E-state index is -0.573. The van der Waals surface area contributed by atoms with Crippen LogP contribution in [0.15, 0.2) is 22.6 Å². The van der Waals surface area contributed by atoms with Crippen LogP contribution in [0.2, 0.25) is 5.02 Å². The molecule has 0 aliphatic heterocycles. The first-order chi connectivity index (χ1) is 8.90. The molecule has 19 heavy (non-hydrogen) atoms. The minimum Gasteiger partial charge on any atom is -0.466 e. The fourth-order valence-corrected chi connectivity index (χ4v) is 2.06. The summed E-state index contributed by atoms with van der Waals surface area (Å²) in [5, 5.41) is 2.80. The van der Waals surface area contributed by atoms with E-state index in [1.165, 1.54) is 12.1 Å². The van der Waals surface area contributed by atoms with Gasteiger partial charge in [-0.2, -0.15) is 0 Å². The second-order valence-corrected chi connectivity index (χ2v) is 4.73. The molecule has 1 aromatic heterocycles. The van der Waals surface area contributed by atoms with Crippen molar-refractivity contribution in [2.75, 3.05) is 5.32 Å². The number of carbonyl (C=O) groups excluding carboxylic acids is 1. The van der Waals surface area contributed by atoms with Crippen LogP contribution in [-0.4, -0.2) is 5.91 Å². The number of nitrogens with one attached hydrogen (secondary N) is 1. The first-order valence-electron chi connectivity index (χ1n) is 5.73. The molecule has 1 N–H and O–H groups in total. The maximum absolute atomic E-state index is 13.6. The van der Waals surface area contributed by atoms with Crippen molar-refractivity contribution in [1.29, 1.82) is 0 Å². The first-order valence-corrected chi connectivity index (χ1v) is 6.11. The number of halogens is 2. The number of hydrogen-bond donors (Lipinski definition) is 1. The minimum absolute atomic E-state index is 0.0899. The van der Waals surface area contributed by atoms with E-state index in [4.69, 9.17) is 16.0 Å².